The number of hydrogen-bond donors (Lipinski definition) is 2. The predicted octanol–water partition coefficient (Wildman–Crippen LogP) is 2.72. The van der Waals surface area contributed by atoms with Crippen molar-refractivity contribution < 1.29 is 19.4 Å². The maximum Gasteiger partial charge on any atom is 0.411 e. The topological polar surface area (TPSA) is 78.9 Å². The second kappa shape index (κ2) is 5.69. The first kappa shape index (κ1) is 16.6. The summed E-state index contributed by atoms with van der Waals surface area (Å²) in [6.45, 7) is 6.02. The number of likely N-dealkylation sites (tertiary alicyclic amines) is 1. The van der Waals surface area contributed by atoms with Gasteiger partial charge in [0.1, 0.15) is 16.9 Å². The van der Waals surface area contributed by atoms with Gasteiger partial charge < -0.3 is 15.2 Å². The average molecular weight is 332 g/mol. The molecule has 2 N–H and O–H groups in total. The second-order valence-electron chi connectivity index (χ2n) is 7.53. The number of rotatable bonds is 1. The summed E-state index contributed by atoms with van der Waals surface area (Å²) >= 11 is 0. The zero-order valence-corrected chi connectivity index (χ0v) is 14.3. The van der Waals surface area contributed by atoms with Gasteiger partial charge in [0.25, 0.3) is 0 Å². The van der Waals surface area contributed by atoms with E-state index in [1.807, 2.05) is 20.8 Å². The Bertz CT molecular complexity index is 650. The number of hydrogen-bond acceptors (Lipinski definition) is 4. The molecule has 0 bridgehead atoms. The third-order valence-corrected chi connectivity index (χ3v) is 4.72. The van der Waals surface area contributed by atoms with E-state index in [9.17, 15) is 14.7 Å². The van der Waals surface area contributed by atoms with E-state index in [1.165, 1.54) is 0 Å². The van der Waals surface area contributed by atoms with Gasteiger partial charge >= 0.3 is 6.09 Å². The van der Waals surface area contributed by atoms with Crippen molar-refractivity contribution in [2.45, 2.75) is 57.2 Å². The molecule has 6 nitrogen and oxygen atoms in total. The molecule has 3 rings (SSSR count). The van der Waals surface area contributed by atoms with Crippen molar-refractivity contribution in [2.75, 3.05) is 6.54 Å². The molecule has 0 aromatic heterocycles. The number of phenolic OH excluding ortho intramolecular Hbond substituents is 1. The van der Waals surface area contributed by atoms with Crippen LogP contribution in [0.15, 0.2) is 24.3 Å². The standard InChI is InChI=1S/C18H24N2O4/c1-17(2,3)24-16(23)20-14(12-4-6-13(21)7-5-12)8-9-18(20)10-11-19-15(18)22/h4-7,14,21H,8-11H2,1-3H3,(H,19,22)/t14-,18-/m0/s1. The van der Waals surface area contributed by atoms with E-state index in [0.29, 0.717) is 25.8 Å². The summed E-state index contributed by atoms with van der Waals surface area (Å²) in [5.41, 5.74) is -0.560. The fourth-order valence-corrected chi connectivity index (χ4v) is 3.68. The van der Waals surface area contributed by atoms with Gasteiger partial charge in [-0.2, -0.15) is 0 Å². The molecular formula is C18H24N2O4. The third-order valence-electron chi connectivity index (χ3n) is 4.72. The molecule has 2 fully saturated rings. The maximum absolute atomic E-state index is 12.9. The minimum atomic E-state index is -0.828. The van der Waals surface area contributed by atoms with E-state index < -0.39 is 17.2 Å². The summed E-state index contributed by atoms with van der Waals surface area (Å²) in [5, 5.41) is 12.4. The molecule has 2 saturated heterocycles. The summed E-state index contributed by atoms with van der Waals surface area (Å²) < 4.78 is 5.59. The number of amides is 2. The molecule has 2 atom stereocenters. The van der Waals surface area contributed by atoms with Crippen molar-refractivity contribution in [3.8, 4) is 5.75 Å². The molecule has 0 unspecified atom stereocenters. The predicted molar refractivity (Wildman–Crippen MR) is 88.5 cm³/mol. The second-order valence-corrected chi connectivity index (χ2v) is 7.53. The normalized spacial score (nSPS) is 26.7. The fourth-order valence-electron chi connectivity index (χ4n) is 3.68. The molecule has 2 aliphatic heterocycles. The Balaban J connectivity index is 1.98. The van der Waals surface area contributed by atoms with E-state index in [1.54, 1.807) is 29.2 Å². The first-order chi connectivity index (χ1) is 11.2. The lowest BCUT2D eigenvalue weighted by Crippen LogP contribution is -2.54. The number of aromatic hydroxyl groups is 1. The minimum Gasteiger partial charge on any atom is -0.508 e. The number of ether oxygens (including phenoxy) is 1. The quantitative estimate of drug-likeness (QED) is 0.829. The van der Waals surface area contributed by atoms with Crippen molar-refractivity contribution in [1.82, 2.24) is 10.2 Å². The third kappa shape index (κ3) is 2.81. The number of carbonyl (C=O) groups is 2. The van der Waals surface area contributed by atoms with Gasteiger partial charge in [0.2, 0.25) is 5.91 Å². The fraction of sp³-hybridized carbons (Fsp3) is 0.556. The number of carbonyl (C=O) groups excluding carboxylic acids is 2. The Morgan fingerprint density at radius 1 is 1.29 bits per heavy atom. The molecular weight excluding hydrogens is 308 g/mol. The highest BCUT2D eigenvalue weighted by atomic mass is 16.6. The van der Waals surface area contributed by atoms with E-state index in [0.717, 1.165) is 5.56 Å². The monoisotopic (exact) mass is 332 g/mol. The number of nitrogens with zero attached hydrogens (tertiary/aromatic N) is 1. The molecule has 2 aliphatic rings. The van der Waals surface area contributed by atoms with Crippen molar-refractivity contribution in [2.24, 2.45) is 0 Å². The van der Waals surface area contributed by atoms with Gasteiger partial charge in [-0.15, -0.1) is 0 Å². The van der Waals surface area contributed by atoms with Crippen LogP contribution in [0.1, 0.15) is 51.6 Å². The highest BCUT2D eigenvalue weighted by molar-refractivity contribution is 5.92. The van der Waals surface area contributed by atoms with Crippen LogP contribution < -0.4 is 5.32 Å². The molecule has 1 aromatic rings. The van der Waals surface area contributed by atoms with Gasteiger partial charge in [-0.1, -0.05) is 12.1 Å². The molecule has 0 radical (unpaired) electrons. The van der Waals surface area contributed by atoms with Gasteiger partial charge in [0.15, 0.2) is 0 Å². The van der Waals surface area contributed by atoms with Crippen molar-refractivity contribution in [1.29, 1.82) is 0 Å². The highest BCUT2D eigenvalue weighted by Crippen LogP contribution is 2.47. The summed E-state index contributed by atoms with van der Waals surface area (Å²) in [6.07, 6.45) is 1.44. The Morgan fingerprint density at radius 2 is 1.96 bits per heavy atom. The van der Waals surface area contributed by atoms with Crippen LogP contribution >= 0.6 is 0 Å². The first-order valence-corrected chi connectivity index (χ1v) is 8.32. The van der Waals surface area contributed by atoms with Gasteiger partial charge in [-0.05, 0) is 57.7 Å². The minimum absolute atomic E-state index is 0.102. The van der Waals surface area contributed by atoms with Crippen molar-refractivity contribution >= 4 is 12.0 Å². The van der Waals surface area contributed by atoms with E-state index >= 15 is 0 Å². The zero-order valence-electron chi connectivity index (χ0n) is 14.3. The van der Waals surface area contributed by atoms with Crippen LogP contribution in [-0.2, 0) is 9.53 Å². The highest BCUT2D eigenvalue weighted by Gasteiger charge is 2.57. The summed E-state index contributed by atoms with van der Waals surface area (Å²) in [4.78, 5) is 27.0. The Kier molecular flexibility index (Phi) is 3.94. The first-order valence-electron chi connectivity index (χ1n) is 8.32. The smallest absolute Gasteiger partial charge is 0.411 e. The SMILES string of the molecule is CC(C)(C)OC(=O)N1[C@H](c2ccc(O)cc2)CC[C@@]12CCNC2=O. The molecule has 0 aliphatic carbocycles. The molecule has 24 heavy (non-hydrogen) atoms. The lowest BCUT2D eigenvalue weighted by molar-refractivity contribution is -0.129. The van der Waals surface area contributed by atoms with E-state index in [4.69, 9.17) is 4.74 Å². The van der Waals surface area contributed by atoms with Crippen molar-refractivity contribution in [3.05, 3.63) is 29.8 Å². The lowest BCUT2D eigenvalue weighted by Gasteiger charge is -2.37. The molecule has 1 aromatic carbocycles. The van der Waals surface area contributed by atoms with Gasteiger partial charge in [0, 0.05) is 6.54 Å². The van der Waals surface area contributed by atoms with Crippen LogP contribution in [0, 0.1) is 0 Å². The Hall–Kier alpha value is -2.24. The van der Waals surface area contributed by atoms with Crippen LogP contribution in [0.25, 0.3) is 0 Å². The average Bonchev–Trinajstić information content (AvgIpc) is 3.03. The summed E-state index contributed by atoms with van der Waals surface area (Å²) in [6, 6.07) is 6.56. The van der Waals surface area contributed by atoms with Crippen LogP contribution in [0.4, 0.5) is 4.79 Å². The van der Waals surface area contributed by atoms with E-state index in [2.05, 4.69) is 5.32 Å². The molecule has 2 amide bonds. The number of phenols is 1. The summed E-state index contributed by atoms with van der Waals surface area (Å²) in [7, 11) is 0. The number of benzene rings is 1. The molecule has 1 spiro atoms. The van der Waals surface area contributed by atoms with E-state index in [-0.39, 0.29) is 17.7 Å². The Labute approximate surface area is 141 Å². The largest absolute Gasteiger partial charge is 0.508 e. The molecule has 6 heteroatoms. The maximum atomic E-state index is 12.9. The molecule has 0 saturated carbocycles. The van der Waals surface area contributed by atoms with Crippen LogP contribution in [0.3, 0.4) is 0 Å². The summed E-state index contributed by atoms with van der Waals surface area (Å²) in [5.74, 6) is 0.0727. The van der Waals surface area contributed by atoms with Gasteiger partial charge in [0.05, 0.1) is 6.04 Å². The van der Waals surface area contributed by atoms with Crippen LogP contribution in [0.5, 0.6) is 5.75 Å². The van der Waals surface area contributed by atoms with Gasteiger partial charge in [-0.3, -0.25) is 9.69 Å². The number of nitrogens with one attached hydrogen (secondary N) is 1. The zero-order chi connectivity index (χ0) is 17.5. The van der Waals surface area contributed by atoms with Crippen LogP contribution in [0.2, 0.25) is 0 Å². The van der Waals surface area contributed by atoms with Crippen LogP contribution in [-0.4, -0.2) is 39.7 Å². The lowest BCUT2D eigenvalue weighted by atomic mass is 9.94. The molecule has 130 valence electrons. The Morgan fingerprint density at radius 3 is 2.50 bits per heavy atom. The van der Waals surface area contributed by atoms with Gasteiger partial charge in [-0.25, -0.2) is 4.79 Å². The molecule has 2 heterocycles. The van der Waals surface area contributed by atoms with Crippen molar-refractivity contribution in [3.63, 3.8) is 0 Å².